The Labute approximate surface area is 142 Å². The van der Waals surface area contributed by atoms with Crippen molar-refractivity contribution in [2.45, 2.75) is 25.4 Å². The highest BCUT2D eigenvalue weighted by atomic mass is 35.5. The predicted octanol–water partition coefficient (Wildman–Crippen LogP) is 5.12. The molecule has 0 aromatic carbocycles. The van der Waals surface area contributed by atoms with Crippen molar-refractivity contribution in [3.63, 3.8) is 0 Å². The molecule has 0 fully saturated rings. The highest BCUT2D eigenvalue weighted by Crippen LogP contribution is 2.48. The number of nitrogens with zero attached hydrogens (tertiary/aromatic N) is 1. The Hall–Kier alpha value is -0.800. The van der Waals surface area contributed by atoms with Gasteiger partial charge in [0.05, 0.1) is 27.2 Å². The van der Waals surface area contributed by atoms with Crippen molar-refractivity contribution >= 4 is 61.0 Å². The Kier molecular flexibility index (Phi) is 4.39. The Morgan fingerprint density at radius 1 is 1.50 bits per heavy atom. The first-order valence-electron chi connectivity index (χ1n) is 6.39. The number of hydrogen-bond donors (Lipinski definition) is 2. The molecule has 3 aromatic rings. The van der Waals surface area contributed by atoms with E-state index in [1.807, 2.05) is 17.5 Å². The number of alkyl halides is 2. The number of nitrogens with one attached hydrogen (secondary N) is 1. The summed E-state index contributed by atoms with van der Waals surface area (Å²) in [7, 11) is 0. The van der Waals surface area contributed by atoms with Crippen LogP contribution in [0.5, 0.6) is 0 Å². The molecule has 0 aliphatic rings. The van der Waals surface area contributed by atoms with E-state index >= 15 is 0 Å². The monoisotopic (exact) mass is 379 g/mol. The van der Waals surface area contributed by atoms with Crippen molar-refractivity contribution in [1.29, 1.82) is 0 Å². The average Bonchev–Trinajstić information content (AvgIpc) is 3.15. The molecule has 3 nitrogen and oxygen atoms in total. The third-order valence-corrected chi connectivity index (χ3v) is 6.71. The van der Waals surface area contributed by atoms with Gasteiger partial charge in [0, 0.05) is 4.88 Å². The van der Waals surface area contributed by atoms with Gasteiger partial charge in [-0.15, -0.1) is 22.7 Å². The maximum Gasteiger partial charge on any atom is 0.298 e. The molecule has 0 saturated heterocycles. The number of hydrogen-bond acceptors (Lipinski definition) is 6. The lowest BCUT2D eigenvalue weighted by Crippen LogP contribution is -2.35. The van der Waals surface area contributed by atoms with E-state index in [4.69, 9.17) is 17.3 Å². The number of aromatic nitrogens is 1. The minimum Gasteiger partial charge on any atom is -0.370 e. The molecule has 3 heterocycles. The quantitative estimate of drug-likeness (QED) is 0.646. The minimum absolute atomic E-state index is 0.00252. The van der Waals surface area contributed by atoms with Gasteiger partial charge in [0.15, 0.2) is 0 Å². The second-order valence-corrected chi connectivity index (χ2v) is 7.98. The summed E-state index contributed by atoms with van der Waals surface area (Å²) in [5.74, 6) is -3.16. The molecule has 22 heavy (non-hydrogen) atoms. The van der Waals surface area contributed by atoms with Crippen LogP contribution in [0.3, 0.4) is 0 Å². The van der Waals surface area contributed by atoms with Crippen molar-refractivity contribution in [2.75, 3.05) is 5.32 Å². The molecule has 0 amide bonds. The van der Waals surface area contributed by atoms with Gasteiger partial charge in [-0.05, 0) is 29.9 Å². The van der Waals surface area contributed by atoms with Gasteiger partial charge >= 0.3 is 0 Å². The van der Waals surface area contributed by atoms with Gasteiger partial charge in [0.1, 0.15) is 10.5 Å². The number of nitrogens with two attached hydrogens (primary N) is 1. The number of rotatable bonds is 5. The molecule has 3 aromatic heterocycles. The van der Waals surface area contributed by atoms with Crippen LogP contribution < -0.4 is 11.1 Å². The predicted molar refractivity (Wildman–Crippen MR) is 91.7 cm³/mol. The van der Waals surface area contributed by atoms with Gasteiger partial charge in [-0.25, -0.2) is 0 Å². The highest BCUT2D eigenvalue weighted by molar-refractivity contribution is 7.25. The summed E-state index contributed by atoms with van der Waals surface area (Å²) in [5.41, 5.74) is 5.81. The molecule has 118 valence electrons. The first-order valence-corrected chi connectivity index (χ1v) is 9.23. The third-order valence-electron chi connectivity index (χ3n) is 3.14. The fourth-order valence-corrected chi connectivity index (χ4v) is 5.11. The smallest absolute Gasteiger partial charge is 0.298 e. The second kappa shape index (κ2) is 6.01. The van der Waals surface area contributed by atoms with Crippen LogP contribution in [-0.2, 0) is 12.5 Å². The largest absolute Gasteiger partial charge is 0.370 e. The number of anilines is 1. The van der Waals surface area contributed by atoms with E-state index in [0.29, 0.717) is 16.8 Å². The maximum atomic E-state index is 14.2. The maximum absolute atomic E-state index is 14.2. The molecule has 0 radical (unpaired) electrons. The van der Waals surface area contributed by atoms with Gasteiger partial charge in [0.25, 0.3) is 5.92 Å². The minimum atomic E-state index is -3.16. The molecule has 3 rings (SSSR count). The summed E-state index contributed by atoms with van der Waals surface area (Å²) in [4.78, 5) is 0.943. The number of thiophene rings is 2. The second-order valence-electron chi connectivity index (χ2n) is 4.78. The molecule has 0 aliphatic heterocycles. The van der Waals surface area contributed by atoms with E-state index < -0.39 is 12.0 Å². The zero-order valence-electron chi connectivity index (χ0n) is 11.4. The van der Waals surface area contributed by atoms with Crippen LogP contribution in [0.1, 0.15) is 16.7 Å². The standard InChI is InChI=1S/C13H12ClF2N3S3/c1-6(17)13(15,16)11-8(14)9-10(21-11)12(22-19-9)18-5-7-3-2-4-20-7/h2-4,6,18H,5,17H2,1H3/t6-/m0/s1. The summed E-state index contributed by atoms with van der Waals surface area (Å²) >= 11 is 9.90. The van der Waals surface area contributed by atoms with E-state index in [0.717, 1.165) is 21.2 Å². The van der Waals surface area contributed by atoms with Crippen molar-refractivity contribution in [3.05, 3.63) is 32.3 Å². The highest BCUT2D eigenvalue weighted by Gasteiger charge is 2.41. The van der Waals surface area contributed by atoms with Crippen LogP contribution in [0.2, 0.25) is 5.02 Å². The van der Waals surface area contributed by atoms with Crippen molar-refractivity contribution in [1.82, 2.24) is 4.37 Å². The van der Waals surface area contributed by atoms with Crippen LogP contribution >= 0.6 is 45.8 Å². The molecule has 0 unspecified atom stereocenters. The number of halogens is 3. The van der Waals surface area contributed by atoms with Gasteiger partial charge < -0.3 is 11.1 Å². The summed E-state index contributed by atoms with van der Waals surface area (Å²) in [5, 5.41) is 5.98. The van der Waals surface area contributed by atoms with Crippen LogP contribution in [0.15, 0.2) is 17.5 Å². The molecular formula is C13H12ClF2N3S3. The van der Waals surface area contributed by atoms with Crippen LogP contribution in [0, 0.1) is 0 Å². The van der Waals surface area contributed by atoms with E-state index in [9.17, 15) is 8.78 Å². The molecule has 0 spiro atoms. The first-order chi connectivity index (χ1) is 10.4. The van der Waals surface area contributed by atoms with Gasteiger partial charge in [0.2, 0.25) is 0 Å². The topological polar surface area (TPSA) is 50.9 Å². The Bertz CT molecular complexity index is 780. The molecule has 0 bridgehead atoms. The van der Waals surface area contributed by atoms with Crippen molar-refractivity contribution in [3.8, 4) is 0 Å². The lowest BCUT2D eigenvalue weighted by atomic mass is 10.1. The van der Waals surface area contributed by atoms with Gasteiger partial charge in [-0.3, -0.25) is 0 Å². The molecule has 3 N–H and O–H groups in total. The molecular weight excluding hydrogens is 368 g/mol. The summed E-state index contributed by atoms with van der Waals surface area (Å²) in [6.07, 6.45) is 0. The van der Waals surface area contributed by atoms with Crippen molar-refractivity contribution in [2.24, 2.45) is 5.73 Å². The summed E-state index contributed by atoms with van der Waals surface area (Å²) < 4.78 is 33.2. The van der Waals surface area contributed by atoms with Gasteiger partial charge in [-0.2, -0.15) is 13.2 Å². The molecule has 1 atom stereocenters. The lowest BCUT2D eigenvalue weighted by Gasteiger charge is -2.18. The SMILES string of the molecule is C[C@H](N)C(F)(F)c1sc2c(NCc3cccs3)snc2c1Cl. The van der Waals surface area contributed by atoms with Crippen LogP contribution in [0.4, 0.5) is 13.8 Å². The Morgan fingerprint density at radius 2 is 2.27 bits per heavy atom. The van der Waals surface area contributed by atoms with Gasteiger partial charge in [-0.1, -0.05) is 17.7 Å². The zero-order valence-corrected chi connectivity index (χ0v) is 14.6. The zero-order chi connectivity index (χ0) is 15.9. The van der Waals surface area contributed by atoms with E-state index in [1.165, 1.54) is 18.5 Å². The van der Waals surface area contributed by atoms with E-state index in [1.54, 1.807) is 11.3 Å². The fourth-order valence-electron chi connectivity index (χ4n) is 1.88. The Balaban J connectivity index is 1.94. The summed E-state index contributed by atoms with van der Waals surface area (Å²) in [6, 6.07) is 2.67. The molecule has 0 aliphatic carbocycles. The Morgan fingerprint density at radius 3 is 2.91 bits per heavy atom. The molecule has 9 heteroatoms. The normalized spacial score (nSPS) is 13.7. The molecule has 0 saturated carbocycles. The van der Waals surface area contributed by atoms with Crippen LogP contribution in [-0.4, -0.2) is 10.4 Å². The fraction of sp³-hybridized carbons (Fsp3) is 0.308. The van der Waals surface area contributed by atoms with Crippen LogP contribution in [0.25, 0.3) is 10.2 Å². The summed E-state index contributed by atoms with van der Waals surface area (Å²) in [6.45, 7) is 1.90. The average molecular weight is 380 g/mol. The third kappa shape index (κ3) is 2.74. The first kappa shape index (κ1) is 16.1. The lowest BCUT2D eigenvalue weighted by molar-refractivity contribution is -0.0217. The van der Waals surface area contributed by atoms with E-state index in [2.05, 4.69) is 9.69 Å². The van der Waals surface area contributed by atoms with E-state index in [-0.39, 0.29) is 9.90 Å². The number of fused-ring (bicyclic) bond motifs is 1. The van der Waals surface area contributed by atoms with Crippen molar-refractivity contribution < 1.29 is 8.78 Å².